The van der Waals surface area contributed by atoms with E-state index in [1.807, 2.05) is 11.8 Å². The van der Waals surface area contributed by atoms with Crippen LogP contribution in [0.2, 0.25) is 0 Å². The van der Waals surface area contributed by atoms with Gasteiger partial charge in [-0.25, -0.2) is 4.79 Å². The molecule has 9 nitrogen and oxygen atoms in total. The van der Waals surface area contributed by atoms with Crippen molar-refractivity contribution < 1.29 is 23.9 Å². The maximum Gasteiger partial charge on any atom is 0.404 e. The van der Waals surface area contributed by atoms with Crippen LogP contribution in [0.4, 0.5) is 4.79 Å². The Morgan fingerprint density at radius 2 is 2.04 bits per heavy atom. The summed E-state index contributed by atoms with van der Waals surface area (Å²) in [6, 6.07) is 0.239. The molecule has 0 aromatic carbocycles. The Labute approximate surface area is 150 Å². The molecule has 3 aliphatic heterocycles. The van der Waals surface area contributed by atoms with Gasteiger partial charge < -0.3 is 25.8 Å². The minimum atomic E-state index is -0.947. The number of likely N-dealkylation sites (N-methyl/N-ethyl adjacent to an activating group) is 1. The number of carbonyl (C=O) groups is 3. The van der Waals surface area contributed by atoms with Crippen molar-refractivity contribution in [2.24, 2.45) is 17.4 Å². The Balaban J connectivity index is 1.84. The maximum atomic E-state index is 12.9. The van der Waals surface area contributed by atoms with Crippen molar-refractivity contribution in [1.82, 2.24) is 9.80 Å². The third-order valence-electron chi connectivity index (χ3n) is 6.18. The molecule has 5 atom stereocenters. The first-order chi connectivity index (χ1) is 12.3. The number of primary amides is 1. The summed E-state index contributed by atoms with van der Waals surface area (Å²) in [5.41, 5.74) is 10.9. The first kappa shape index (κ1) is 17.0. The van der Waals surface area contributed by atoms with E-state index in [2.05, 4.69) is 4.90 Å². The molecule has 0 aromatic heterocycles. The number of nitrogens with zero attached hydrogens (tertiary/aromatic N) is 2. The molecule has 1 amide bonds. The summed E-state index contributed by atoms with van der Waals surface area (Å²) in [7, 11) is 1.55. The van der Waals surface area contributed by atoms with Crippen molar-refractivity contribution >= 4 is 17.7 Å². The van der Waals surface area contributed by atoms with Gasteiger partial charge in [0.1, 0.15) is 6.61 Å². The van der Waals surface area contributed by atoms with Crippen LogP contribution in [0.25, 0.3) is 0 Å². The minimum Gasteiger partial charge on any atom is -0.449 e. The molecule has 140 valence electrons. The van der Waals surface area contributed by atoms with Gasteiger partial charge in [-0.2, -0.15) is 0 Å². The maximum absolute atomic E-state index is 12.9. The molecule has 1 unspecified atom stereocenters. The number of Topliss-reactive ketones (excluding diaryl/α,β-unsaturated/α-hetero) is 2. The van der Waals surface area contributed by atoms with E-state index in [1.54, 1.807) is 14.0 Å². The van der Waals surface area contributed by atoms with Crippen LogP contribution in [0, 0.1) is 5.92 Å². The van der Waals surface area contributed by atoms with Crippen LogP contribution in [0.1, 0.15) is 13.8 Å². The second-order valence-electron chi connectivity index (χ2n) is 7.05. The molecule has 0 radical (unpaired) electrons. The Morgan fingerprint density at radius 1 is 1.35 bits per heavy atom. The molecule has 0 bridgehead atoms. The first-order valence-electron chi connectivity index (χ1n) is 8.61. The zero-order chi connectivity index (χ0) is 19.0. The number of piperazine rings is 1. The van der Waals surface area contributed by atoms with E-state index in [9.17, 15) is 14.4 Å². The van der Waals surface area contributed by atoms with Crippen LogP contribution in [0.15, 0.2) is 22.5 Å². The SMILES string of the molecule is CCN1[C@H]2[C@@H]1CN1C3=C(C(=O)C(N)=C(C)C3=O)[C@@H](COC(N)=O)[C@@]21OC. The van der Waals surface area contributed by atoms with Crippen LogP contribution < -0.4 is 11.5 Å². The van der Waals surface area contributed by atoms with Gasteiger partial charge in [0.2, 0.25) is 11.6 Å². The zero-order valence-corrected chi connectivity index (χ0v) is 14.9. The quantitative estimate of drug-likeness (QED) is 0.485. The molecule has 3 heterocycles. The second kappa shape index (κ2) is 5.31. The molecule has 0 aromatic rings. The standard InChI is InChI=1S/C17H22N4O5/c1-4-20-9-5-21-12-10(14(23)11(18)7(2)13(12)22)8(6-26-16(19)24)17(21,25-3)15(9)20/h8-9,15H,4-6,18H2,1-3H3,(H2,19,24)/t8-,9+,15+,17-,20?/m1/s1. The number of allylic oxidation sites excluding steroid dienone is 2. The highest BCUT2D eigenvalue weighted by Gasteiger charge is 2.75. The van der Waals surface area contributed by atoms with Crippen LogP contribution in [0.5, 0.6) is 0 Å². The van der Waals surface area contributed by atoms with E-state index in [1.165, 1.54) is 0 Å². The summed E-state index contributed by atoms with van der Waals surface area (Å²) in [5, 5.41) is 0. The highest BCUT2D eigenvalue weighted by molar-refractivity contribution is 6.25. The lowest BCUT2D eigenvalue weighted by Crippen LogP contribution is -2.55. The van der Waals surface area contributed by atoms with Crippen LogP contribution >= 0.6 is 0 Å². The fourth-order valence-electron chi connectivity index (χ4n) is 5.01. The molecule has 26 heavy (non-hydrogen) atoms. The Morgan fingerprint density at radius 3 is 2.62 bits per heavy atom. The Hall–Kier alpha value is -2.39. The number of ether oxygens (including phenoxy) is 2. The van der Waals surface area contributed by atoms with Crippen LogP contribution in [-0.2, 0) is 19.1 Å². The fourth-order valence-corrected chi connectivity index (χ4v) is 5.01. The molecule has 0 spiro atoms. The molecule has 9 heteroatoms. The number of rotatable bonds is 4. The van der Waals surface area contributed by atoms with Crippen molar-refractivity contribution in [2.45, 2.75) is 31.7 Å². The molecule has 2 saturated heterocycles. The third-order valence-corrected chi connectivity index (χ3v) is 6.18. The first-order valence-corrected chi connectivity index (χ1v) is 8.61. The number of ketones is 2. The van der Waals surface area contributed by atoms with Gasteiger partial charge in [-0.15, -0.1) is 0 Å². The Kier molecular flexibility index (Phi) is 3.48. The topological polar surface area (TPSA) is 128 Å². The van der Waals surface area contributed by atoms with Crippen molar-refractivity contribution in [3.8, 4) is 0 Å². The molecule has 4 N–H and O–H groups in total. The molecule has 4 aliphatic rings. The predicted molar refractivity (Wildman–Crippen MR) is 89.4 cm³/mol. The number of nitrogens with two attached hydrogens (primary N) is 2. The van der Waals surface area contributed by atoms with Crippen molar-refractivity contribution in [2.75, 3.05) is 26.8 Å². The number of fused-ring (bicyclic) bond motifs is 4. The lowest BCUT2D eigenvalue weighted by molar-refractivity contribution is -0.145. The summed E-state index contributed by atoms with van der Waals surface area (Å²) in [6.45, 7) is 4.85. The summed E-state index contributed by atoms with van der Waals surface area (Å²) < 4.78 is 11.0. The van der Waals surface area contributed by atoms with Gasteiger partial charge in [-0.1, -0.05) is 6.92 Å². The molecule has 4 rings (SSSR count). The summed E-state index contributed by atoms with van der Waals surface area (Å²) in [5.74, 6) is -1.31. The van der Waals surface area contributed by atoms with Crippen molar-refractivity contribution in [3.05, 3.63) is 22.5 Å². The lowest BCUT2D eigenvalue weighted by Gasteiger charge is -2.41. The van der Waals surface area contributed by atoms with Gasteiger partial charge in [0.25, 0.3) is 0 Å². The van der Waals surface area contributed by atoms with E-state index in [-0.39, 0.29) is 41.3 Å². The normalized spacial score (nSPS) is 37.7. The zero-order valence-electron chi connectivity index (χ0n) is 14.9. The monoisotopic (exact) mass is 362 g/mol. The Bertz CT molecular complexity index is 803. The number of hydrogen-bond acceptors (Lipinski definition) is 8. The number of carbonyl (C=O) groups excluding carboxylic acids is 3. The summed E-state index contributed by atoms with van der Waals surface area (Å²) in [4.78, 5) is 41.2. The van der Waals surface area contributed by atoms with E-state index in [0.29, 0.717) is 12.2 Å². The molecular formula is C17H22N4O5. The summed E-state index contributed by atoms with van der Waals surface area (Å²) in [6.07, 6.45) is -0.941. The smallest absolute Gasteiger partial charge is 0.404 e. The van der Waals surface area contributed by atoms with E-state index in [4.69, 9.17) is 20.9 Å². The predicted octanol–water partition coefficient (Wildman–Crippen LogP) is -0.919. The highest BCUT2D eigenvalue weighted by Crippen LogP contribution is 2.59. The molecule has 0 saturated carbocycles. The highest BCUT2D eigenvalue weighted by atomic mass is 16.6. The number of hydrogen-bond donors (Lipinski definition) is 2. The summed E-state index contributed by atoms with van der Waals surface area (Å²) >= 11 is 0. The average molecular weight is 362 g/mol. The number of amides is 1. The van der Waals surface area contributed by atoms with Crippen molar-refractivity contribution in [1.29, 1.82) is 0 Å². The minimum absolute atomic E-state index is 0.00621. The molecule has 1 aliphatic carbocycles. The van der Waals surface area contributed by atoms with E-state index >= 15 is 0 Å². The fraction of sp³-hybridized carbons (Fsp3) is 0.588. The van der Waals surface area contributed by atoms with Crippen LogP contribution in [0.3, 0.4) is 0 Å². The van der Waals surface area contributed by atoms with E-state index in [0.717, 1.165) is 6.54 Å². The van der Waals surface area contributed by atoms with Gasteiger partial charge >= 0.3 is 6.09 Å². The van der Waals surface area contributed by atoms with Gasteiger partial charge in [0, 0.05) is 30.8 Å². The molecular weight excluding hydrogens is 340 g/mol. The second-order valence-corrected chi connectivity index (χ2v) is 7.05. The number of methoxy groups -OCH3 is 1. The lowest BCUT2D eigenvalue weighted by atomic mass is 9.82. The van der Waals surface area contributed by atoms with Gasteiger partial charge in [0.05, 0.1) is 23.4 Å². The molecule has 2 fully saturated rings. The van der Waals surface area contributed by atoms with Crippen LogP contribution in [-0.4, -0.2) is 72.1 Å². The van der Waals surface area contributed by atoms with Crippen molar-refractivity contribution in [3.63, 3.8) is 0 Å². The third kappa shape index (κ3) is 1.79. The van der Waals surface area contributed by atoms with E-state index < -0.39 is 23.5 Å². The largest absolute Gasteiger partial charge is 0.449 e. The van der Waals surface area contributed by atoms with Gasteiger partial charge in [-0.3, -0.25) is 14.5 Å². The average Bonchev–Trinajstić information content (AvgIpc) is 3.09. The van der Waals surface area contributed by atoms with Gasteiger partial charge in [-0.05, 0) is 13.5 Å². The van der Waals surface area contributed by atoms with Gasteiger partial charge in [0.15, 0.2) is 5.72 Å².